The van der Waals surface area contributed by atoms with E-state index in [1.165, 1.54) is 7.11 Å². The molecule has 0 radical (unpaired) electrons. The minimum absolute atomic E-state index is 0.0556. The number of hydrogen-bond donors (Lipinski definition) is 3. The number of nitrogens with one attached hydrogen (secondary N) is 1. The van der Waals surface area contributed by atoms with E-state index in [0.717, 1.165) is 5.56 Å². The van der Waals surface area contributed by atoms with Crippen LogP contribution in [0.5, 0.6) is 5.75 Å². The van der Waals surface area contributed by atoms with E-state index in [1.807, 2.05) is 12.1 Å². The summed E-state index contributed by atoms with van der Waals surface area (Å²) < 4.78 is 15.4. The first-order chi connectivity index (χ1) is 14.0. The summed E-state index contributed by atoms with van der Waals surface area (Å²) in [6, 6.07) is 6.65. The summed E-state index contributed by atoms with van der Waals surface area (Å²) >= 11 is 0. The van der Waals surface area contributed by atoms with E-state index in [-0.39, 0.29) is 18.6 Å². The fraction of sp³-hybridized carbons (Fsp3) is 0.600. The number of esters is 1. The molecule has 1 aromatic carbocycles. The van der Waals surface area contributed by atoms with Crippen molar-refractivity contribution in [1.82, 2.24) is 10.2 Å². The van der Waals surface area contributed by atoms with Crippen LogP contribution in [0.4, 0.5) is 4.79 Å². The Morgan fingerprint density at radius 3 is 2.62 bits per heavy atom. The van der Waals surface area contributed by atoms with Gasteiger partial charge in [0.15, 0.2) is 0 Å². The third-order valence-corrected chi connectivity index (χ3v) is 4.74. The molecule has 4 N–H and O–H groups in total. The molecule has 1 aromatic rings. The number of morpholine rings is 1. The van der Waals surface area contributed by atoms with E-state index in [9.17, 15) is 14.7 Å². The Hall–Kier alpha value is -2.36. The Morgan fingerprint density at radius 2 is 1.97 bits per heavy atom. The number of carbonyl (C=O) groups is 2. The maximum absolute atomic E-state index is 12.0. The largest absolute Gasteiger partial charge is 0.491 e. The second-order valence-electron chi connectivity index (χ2n) is 6.88. The molecule has 2 unspecified atom stereocenters. The lowest BCUT2D eigenvalue weighted by Gasteiger charge is -2.27. The van der Waals surface area contributed by atoms with Gasteiger partial charge < -0.3 is 35.3 Å². The molecule has 1 heterocycles. The van der Waals surface area contributed by atoms with Gasteiger partial charge in [-0.1, -0.05) is 12.1 Å². The zero-order valence-corrected chi connectivity index (χ0v) is 16.8. The number of aliphatic hydroxyl groups excluding tert-OH is 1. The second kappa shape index (κ2) is 12.3. The summed E-state index contributed by atoms with van der Waals surface area (Å²) in [5.41, 5.74) is 6.99. The molecule has 2 atom stereocenters. The van der Waals surface area contributed by atoms with Gasteiger partial charge in [0.05, 0.1) is 20.3 Å². The van der Waals surface area contributed by atoms with Crippen LogP contribution in [0.15, 0.2) is 24.3 Å². The van der Waals surface area contributed by atoms with E-state index in [1.54, 1.807) is 17.0 Å². The number of aryl methyl sites for hydroxylation is 1. The smallest absolute Gasteiger partial charge is 0.317 e. The molecule has 2 amide bonds. The van der Waals surface area contributed by atoms with E-state index >= 15 is 0 Å². The van der Waals surface area contributed by atoms with E-state index < -0.39 is 12.1 Å². The lowest BCUT2D eigenvalue weighted by Crippen LogP contribution is -2.47. The van der Waals surface area contributed by atoms with Crippen molar-refractivity contribution in [3.63, 3.8) is 0 Å². The number of amides is 2. The van der Waals surface area contributed by atoms with Crippen LogP contribution >= 0.6 is 0 Å². The van der Waals surface area contributed by atoms with E-state index in [2.05, 4.69) is 10.1 Å². The van der Waals surface area contributed by atoms with Gasteiger partial charge in [0, 0.05) is 32.1 Å². The van der Waals surface area contributed by atoms with Crippen molar-refractivity contribution in [3.05, 3.63) is 29.8 Å². The lowest BCUT2D eigenvalue weighted by atomic mass is 10.1. The molecule has 29 heavy (non-hydrogen) atoms. The van der Waals surface area contributed by atoms with Crippen molar-refractivity contribution in [2.45, 2.75) is 31.4 Å². The first-order valence-electron chi connectivity index (χ1n) is 9.82. The van der Waals surface area contributed by atoms with Gasteiger partial charge in [-0.05, 0) is 30.5 Å². The highest BCUT2D eigenvalue weighted by Crippen LogP contribution is 2.14. The van der Waals surface area contributed by atoms with Crippen molar-refractivity contribution in [2.75, 3.05) is 46.6 Å². The average molecular weight is 409 g/mol. The van der Waals surface area contributed by atoms with Crippen LogP contribution < -0.4 is 15.8 Å². The number of carbonyl (C=O) groups excluding carboxylic acids is 2. The van der Waals surface area contributed by atoms with Gasteiger partial charge in [0.25, 0.3) is 0 Å². The molecule has 1 fully saturated rings. The molecule has 0 bridgehead atoms. The first kappa shape index (κ1) is 22.9. The van der Waals surface area contributed by atoms with Crippen molar-refractivity contribution >= 4 is 12.0 Å². The Balaban J connectivity index is 1.64. The molecule has 2 rings (SSSR count). The van der Waals surface area contributed by atoms with Gasteiger partial charge in [0.2, 0.25) is 0 Å². The molecular weight excluding hydrogens is 378 g/mol. The van der Waals surface area contributed by atoms with Gasteiger partial charge in [-0.15, -0.1) is 0 Å². The highest BCUT2D eigenvalue weighted by Gasteiger charge is 2.19. The van der Waals surface area contributed by atoms with Crippen LogP contribution in [0, 0.1) is 0 Å². The molecule has 1 saturated heterocycles. The number of ether oxygens (including phenoxy) is 3. The number of benzene rings is 1. The van der Waals surface area contributed by atoms with Crippen LogP contribution in [-0.4, -0.2) is 80.7 Å². The van der Waals surface area contributed by atoms with Crippen molar-refractivity contribution in [2.24, 2.45) is 5.73 Å². The van der Waals surface area contributed by atoms with Gasteiger partial charge >= 0.3 is 12.0 Å². The summed E-state index contributed by atoms with van der Waals surface area (Å²) in [7, 11) is 1.37. The molecule has 9 nitrogen and oxygen atoms in total. The fourth-order valence-corrected chi connectivity index (χ4v) is 2.82. The van der Waals surface area contributed by atoms with Crippen LogP contribution in [-0.2, 0) is 20.7 Å². The Labute approximate surface area is 171 Å². The SMILES string of the molecule is COC(=O)CCc1ccc(OCC(O)C(N)CCNC(=O)N2CCOCC2)cc1. The molecule has 0 aliphatic carbocycles. The summed E-state index contributed by atoms with van der Waals surface area (Å²) in [5, 5.41) is 13.0. The average Bonchev–Trinajstić information content (AvgIpc) is 2.76. The zero-order valence-electron chi connectivity index (χ0n) is 16.8. The first-order valence-corrected chi connectivity index (χ1v) is 9.82. The molecule has 1 aliphatic rings. The lowest BCUT2D eigenvalue weighted by molar-refractivity contribution is -0.140. The van der Waals surface area contributed by atoms with Crippen LogP contribution in [0.3, 0.4) is 0 Å². The number of urea groups is 1. The standard InChI is InChI=1S/C20H31N3O6/c1-27-19(25)7-4-15-2-5-16(6-3-15)29-14-18(24)17(21)8-9-22-20(26)23-10-12-28-13-11-23/h2-3,5-6,17-18,24H,4,7-14,21H2,1H3,(H,22,26). The normalized spacial score (nSPS) is 16.0. The van der Waals surface area contributed by atoms with Crippen molar-refractivity contribution in [1.29, 1.82) is 0 Å². The monoisotopic (exact) mass is 409 g/mol. The number of nitrogens with zero attached hydrogens (tertiary/aromatic N) is 1. The minimum atomic E-state index is -0.853. The third-order valence-electron chi connectivity index (χ3n) is 4.74. The predicted molar refractivity (Wildman–Crippen MR) is 107 cm³/mol. The number of nitrogens with two attached hydrogens (primary N) is 1. The number of aliphatic hydroxyl groups is 1. The number of methoxy groups -OCH3 is 1. The van der Waals surface area contributed by atoms with Crippen LogP contribution in [0.25, 0.3) is 0 Å². The van der Waals surface area contributed by atoms with E-state index in [0.29, 0.717) is 57.9 Å². The molecule has 0 spiro atoms. The van der Waals surface area contributed by atoms with Gasteiger partial charge in [0.1, 0.15) is 18.5 Å². The summed E-state index contributed by atoms with van der Waals surface area (Å²) in [5.74, 6) is 0.363. The van der Waals surface area contributed by atoms with Crippen molar-refractivity contribution in [3.8, 4) is 5.75 Å². The Kier molecular flexibility index (Phi) is 9.69. The Morgan fingerprint density at radius 1 is 1.28 bits per heavy atom. The summed E-state index contributed by atoms with van der Waals surface area (Å²) in [4.78, 5) is 24.9. The maximum Gasteiger partial charge on any atom is 0.317 e. The molecule has 1 aliphatic heterocycles. The number of hydrogen-bond acceptors (Lipinski definition) is 7. The summed E-state index contributed by atoms with van der Waals surface area (Å²) in [6.07, 6.45) is 0.505. The minimum Gasteiger partial charge on any atom is -0.491 e. The maximum atomic E-state index is 12.0. The fourth-order valence-electron chi connectivity index (χ4n) is 2.82. The zero-order chi connectivity index (χ0) is 21.1. The van der Waals surface area contributed by atoms with Gasteiger partial charge in [-0.25, -0.2) is 4.79 Å². The molecule has 0 saturated carbocycles. The molecule has 9 heteroatoms. The van der Waals surface area contributed by atoms with Gasteiger partial charge in [-0.2, -0.15) is 0 Å². The highest BCUT2D eigenvalue weighted by molar-refractivity contribution is 5.74. The Bertz CT molecular complexity index is 634. The quantitative estimate of drug-likeness (QED) is 0.475. The number of rotatable bonds is 10. The molecular formula is C20H31N3O6. The third kappa shape index (κ3) is 8.26. The van der Waals surface area contributed by atoms with Crippen LogP contribution in [0.2, 0.25) is 0 Å². The van der Waals surface area contributed by atoms with Crippen molar-refractivity contribution < 1.29 is 28.9 Å². The van der Waals surface area contributed by atoms with Gasteiger partial charge in [-0.3, -0.25) is 4.79 Å². The predicted octanol–water partition coefficient (Wildman–Crippen LogP) is 0.291. The topological polar surface area (TPSA) is 123 Å². The molecule has 162 valence electrons. The summed E-state index contributed by atoms with van der Waals surface area (Å²) in [6.45, 7) is 2.69. The molecule has 0 aromatic heterocycles. The second-order valence-corrected chi connectivity index (χ2v) is 6.88. The van der Waals surface area contributed by atoms with Crippen LogP contribution in [0.1, 0.15) is 18.4 Å². The highest BCUT2D eigenvalue weighted by atomic mass is 16.5. The van der Waals surface area contributed by atoms with E-state index in [4.69, 9.17) is 15.2 Å².